The predicted octanol–water partition coefficient (Wildman–Crippen LogP) is 2.42. The lowest BCUT2D eigenvalue weighted by atomic mass is 10.3. The molecule has 0 atom stereocenters. The third kappa shape index (κ3) is 5.04. The van der Waals surface area contributed by atoms with Crippen molar-refractivity contribution in [3.63, 3.8) is 0 Å². The summed E-state index contributed by atoms with van der Waals surface area (Å²) in [4.78, 5) is 12.5. The molecule has 11 heteroatoms. The number of nitrogens with one attached hydrogen (secondary N) is 1. The van der Waals surface area contributed by atoms with Gasteiger partial charge in [0.2, 0.25) is 21.1 Å². The Morgan fingerprint density at radius 1 is 1.10 bits per heavy atom. The van der Waals surface area contributed by atoms with Crippen LogP contribution in [-0.4, -0.2) is 57.7 Å². The van der Waals surface area contributed by atoms with E-state index < -0.39 is 10.0 Å². The number of nitrogens with zero attached hydrogens (tertiary/aromatic N) is 5. The molecular weight excluding hydrogens is 424 g/mol. The third-order valence-corrected chi connectivity index (χ3v) is 7.20. The fraction of sp³-hybridized carbons (Fsp3) is 0.263. The van der Waals surface area contributed by atoms with Gasteiger partial charge in [-0.1, -0.05) is 49.9 Å². The average Bonchev–Trinajstić information content (AvgIpc) is 3.22. The number of aromatic nitrogens is 4. The molecule has 1 N–H and O–H groups in total. The normalized spacial score (nSPS) is 11.6. The minimum Gasteiger partial charge on any atom is -0.325 e. The second-order valence-electron chi connectivity index (χ2n) is 6.16. The standard InChI is InChI=1S/C19H22N6O3S2/c1-3-24(4-2)30(27,28)17-12-8-9-15(13-17)20-18(26)14-29-19-21-22-23-25(19)16-10-6-5-7-11-16/h5-13H,3-4,14H2,1-2H3,(H,20,26). The first-order chi connectivity index (χ1) is 14.5. The molecule has 0 spiro atoms. The molecule has 0 saturated heterocycles. The van der Waals surface area contributed by atoms with Crippen LogP contribution < -0.4 is 5.32 Å². The third-order valence-electron chi connectivity index (χ3n) is 4.24. The molecule has 0 aliphatic rings. The van der Waals surface area contributed by atoms with Crippen molar-refractivity contribution >= 4 is 33.4 Å². The van der Waals surface area contributed by atoms with Gasteiger partial charge in [0.15, 0.2) is 0 Å². The number of carbonyl (C=O) groups excluding carboxylic acids is 1. The molecule has 1 amide bonds. The number of anilines is 1. The van der Waals surface area contributed by atoms with Gasteiger partial charge in [0.1, 0.15) is 0 Å². The lowest BCUT2D eigenvalue weighted by Crippen LogP contribution is -2.30. The lowest BCUT2D eigenvalue weighted by Gasteiger charge is -2.18. The van der Waals surface area contributed by atoms with E-state index in [4.69, 9.17) is 0 Å². The van der Waals surface area contributed by atoms with Gasteiger partial charge in [0, 0.05) is 18.8 Å². The molecule has 158 valence electrons. The summed E-state index contributed by atoms with van der Waals surface area (Å²) in [5.74, 6) is -0.222. The molecule has 2 aromatic carbocycles. The highest BCUT2D eigenvalue weighted by Gasteiger charge is 2.22. The monoisotopic (exact) mass is 446 g/mol. The van der Waals surface area contributed by atoms with Crippen LogP contribution in [0.25, 0.3) is 5.69 Å². The zero-order valence-corrected chi connectivity index (χ0v) is 18.2. The quantitative estimate of drug-likeness (QED) is 0.503. The molecule has 0 radical (unpaired) electrons. The Hall–Kier alpha value is -2.76. The zero-order valence-electron chi connectivity index (χ0n) is 16.6. The second-order valence-corrected chi connectivity index (χ2v) is 9.04. The summed E-state index contributed by atoms with van der Waals surface area (Å²) in [7, 11) is -3.60. The van der Waals surface area contributed by atoms with Gasteiger partial charge in [-0.2, -0.15) is 8.99 Å². The fourth-order valence-corrected chi connectivity index (χ4v) is 4.97. The highest BCUT2D eigenvalue weighted by molar-refractivity contribution is 7.99. The van der Waals surface area contributed by atoms with Crippen LogP contribution in [0.2, 0.25) is 0 Å². The van der Waals surface area contributed by atoms with Crippen LogP contribution in [0.1, 0.15) is 13.8 Å². The number of sulfonamides is 1. The van der Waals surface area contributed by atoms with E-state index in [1.54, 1.807) is 30.7 Å². The van der Waals surface area contributed by atoms with Gasteiger partial charge in [-0.3, -0.25) is 4.79 Å². The maximum atomic E-state index is 12.7. The summed E-state index contributed by atoms with van der Waals surface area (Å²) in [6.45, 7) is 4.32. The van der Waals surface area contributed by atoms with Gasteiger partial charge in [-0.05, 0) is 40.8 Å². The van der Waals surface area contributed by atoms with Gasteiger partial charge in [-0.25, -0.2) is 8.42 Å². The van der Waals surface area contributed by atoms with Crippen LogP contribution in [0.15, 0.2) is 64.6 Å². The number of tetrazole rings is 1. The number of rotatable bonds is 9. The first kappa shape index (κ1) is 21.9. The Bertz CT molecular complexity index is 1100. The molecule has 0 aliphatic carbocycles. The van der Waals surface area contributed by atoms with Crippen LogP contribution in [0.4, 0.5) is 5.69 Å². The van der Waals surface area contributed by atoms with Crippen molar-refractivity contribution in [2.45, 2.75) is 23.9 Å². The molecule has 0 saturated carbocycles. The maximum Gasteiger partial charge on any atom is 0.243 e. The largest absolute Gasteiger partial charge is 0.325 e. The minimum atomic E-state index is -3.60. The average molecular weight is 447 g/mol. The summed E-state index contributed by atoms with van der Waals surface area (Å²) >= 11 is 1.19. The Labute approximate surface area is 179 Å². The highest BCUT2D eigenvalue weighted by Crippen LogP contribution is 2.21. The number of thioether (sulfide) groups is 1. The summed E-state index contributed by atoms with van der Waals surface area (Å²) in [6.07, 6.45) is 0. The van der Waals surface area contributed by atoms with E-state index in [0.717, 1.165) is 5.69 Å². The van der Waals surface area contributed by atoms with Crippen LogP contribution in [0, 0.1) is 0 Å². The van der Waals surface area contributed by atoms with Crippen molar-refractivity contribution < 1.29 is 13.2 Å². The van der Waals surface area contributed by atoms with Crippen molar-refractivity contribution in [3.05, 3.63) is 54.6 Å². The molecule has 9 nitrogen and oxygen atoms in total. The zero-order chi connectivity index (χ0) is 21.6. The van der Waals surface area contributed by atoms with Gasteiger partial charge < -0.3 is 5.32 Å². The first-order valence-corrected chi connectivity index (χ1v) is 11.7. The number of hydrogen-bond acceptors (Lipinski definition) is 7. The smallest absolute Gasteiger partial charge is 0.243 e. The van der Waals surface area contributed by atoms with Crippen molar-refractivity contribution in [1.29, 1.82) is 0 Å². The lowest BCUT2D eigenvalue weighted by molar-refractivity contribution is -0.113. The number of hydrogen-bond donors (Lipinski definition) is 1. The van der Waals surface area contributed by atoms with Gasteiger partial charge in [0.25, 0.3) is 0 Å². The van der Waals surface area contributed by atoms with E-state index in [9.17, 15) is 13.2 Å². The minimum absolute atomic E-state index is 0.0697. The number of amides is 1. The number of para-hydroxylation sites is 1. The topological polar surface area (TPSA) is 110 Å². The predicted molar refractivity (Wildman–Crippen MR) is 115 cm³/mol. The molecule has 0 unspecified atom stereocenters. The van der Waals surface area contributed by atoms with Crippen LogP contribution >= 0.6 is 11.8 Å². The Balaban J connectivity index is 1.66. The van der Waals surface area contributed by atoms with E-state index in [1.807, 2.05) is 30.3 Å². The SMILES string of the molecule is CCN(CC)S(=O)(=O)c1cccc(NC(=O)CSc2nnnn2-c2ccccc2)c1. The van der Waals surface area contributed by atoms with Crippen LogP contribution in [0.5, 0.6) is 0 Å². The van der Waals surface area contributed by atoms with Crippen LogP contribution in [0.3, 0.4) is 0 Å². The molecule has 1 aromatic heterocycles. The second kappa shape index (κ2) is 9.83. The highest BCUT2D eigenvalue weighted by atomic mass is 32.2. The van der Waals surface area contributed by atoms with E-state index in [1.165, 1.54) is 28.2 Å². The molecule has 0 fully saturated rings. The molecular formula is C19H22N6O3S2. The summed E-state index contributed by atoms with van der Waals surface area (Å²) in [5, 5.41) is 14.8. The van der Waals surface area contributed by atoms with Crippen molar-refractivity contribution in [2.75, 3.05) is 24.2 Å². The van der Waals surface area contributed by atoms with Gasteiger partial charge >= 0.3 is 0 Å². The molecule has 0 bridgehead atoms. The number of carbonyl (C=O) groups is 1. The van der Waals surface area contributed by atoms with E-state index in [2.05, 4.69) is 20.8 Å². The summed E-state index contributed by atoms with van der Waals surface area (Å²) < 4.78 is 28.3. The van der Waals surface area contributed by atoms with Crippen molar-refractivity contribution in [3.8, 4) is 5.69 Å². The van der Waals surface area contributed by atoms with Crippen LogP contribution in [-0.2, 0) is 14.8 Å². The first-order valence-electron chi connectivity index (χ1n) is 9.32. The molecule has 30 heavy (non-hydrogen) atoms. The van der Waals surface area contributed by atoms with Crippen molar-refractivity contribution in [1.82, 2.24) is 24.5 Å². The number of benzene rings is 2. The van der Waals surface area contributed by atoms with Gasteiger partial charge in [0.05, 0.1) is 16.3 Å². The fourth-order valence-electron chi connectivity index (χ4n) is 2.77. The van der Waals surface area contributed by atoms with E-state index >= 15 is 0 Å². The Morgan fingerprint density at radius 3 is 2.53 bits per heavy atom. The molecule has 3 rings (SSSR count). The van der Waals surface area contributed by atoms with E-state index in [0.29, 0.717) is 23.9 Å². The maximum absolute atomic E-state index is 12.7. The van der Waals surface area contributed by atoms with E-state index in [-0.39, 0.29) is 16.6 Å². The molecule has 3 aromatic rings. The summed E-state index contributed by atoms with van der Waals surface area (Å²) in [5.41, 5.74) is 1.20. The van der Waals surface area contributed by atoms with Crippen molar-refractivity contribution in [2.24, 2.45) is 0 Å². The molecule has 1 heterocycles. The molecule has 0 aliphatic heterocycles. The summed E-state index contributed by atoms with van der Waals surface area (Å²) in [6, 6.07) is 15.6. The van der Waals surface area contributed by atoms with Gasteiger partial charge in [-0.15, -0.1) is 5.10 Å². The Morgan fingerprint density at radius 2 is 1.83 bits per heavy atom. The Kier molecular flexibility index (Phi) is 7.19.